The largest absolute Gasteiger partial charge is 1.00 e. The van der Waals surface area contributed by atoms with Crippen LogP contribution in [0.15, 0.2) is 67.0 Å². The molecule has 0 saturated carbocycles. The number of hydrogen-bond donors (Lipinski definition) is 1. The molecule has 25 heavy (non-hydrogen) atoms. The van der Waals surface area contributed by atoms with Gasteiger partial charge in [-0.2, -0.15) is 0 Å². The summed E-state index contributed by atoms with van der Waals surface area (Å²) in [6, 6.07) is 15.6. The van der Waals surface area contributed by atoms with E-state index in [4.69, 9.17) is 0 Å². The molecule has 3 rings (SSSR count). The van der Waals surface area contributed by atoms with Crippen molar-refractivity contribution >= 4 is 11.6 Å². The Morgan fingerprint density at radius 3 is 2.48 bits per heavy atom. The Labute approximate surface area is 167 Å². The third-order valence-electron chi connectivity index (χ3n) is 3.32. The van der Waals surface area contributed by atoms with Gasteiger partial charge in [-0.05, 0) is 29.8 Å². The van der Waals surface area contributed by atoms with Crippen LogP contribution in [0, 0.1) is 12.1 Å². The summed E-state index contributed by atoms with van der Waals surface area (Å²) in [4.78, 5) is 12.0. The Morgan fingerprint density at radius 1 is 1.12 bits per heavy atom. The van der Waals surface area contributed by atoms with Gasteiger partial charge < -0.3 is 17.7 Å². The van der Waals surface area contributed by atoms with E-state index in [1.807, 2.05) is 41.1 Å². The number of amides is 1. The molecule has 0 aliphatic carbocycles. The second-order valence-corrected chi connectivity index (χ2v) is 5.19. The summed E-state index contributed by atoms with van der Waals surface area (Å²) in [5.41, 5.74) is 1.74. The van der Waals surface area contributed by atoms with Gasteiger partial charge in [0.1, 0.15) is 24.8 Å². The average molecular weight is 453 g/mol. The van der Waals surface area contributed by atoms with E-state index in [-0.39, 0.29) is 53.1 Å². The SMILES string of the molecule is O=C(Cn1[c][n+](Cc2ccc(F)cc2)cc1)Nc1ccccc1.[Ag+].[Cl-]. The topological polar surface area (TPSA) is 37.9 Å². The number of rotatable bonds is 5. The minimum atomic E-state index is -0.252. The van der Waals surface area contributed by atoms with Crippen molar-refractivity contribution < 1.29 is 48.5 Å². The number of anilines is 1. The van der Waals surface area contributed by atoms with Crippen molar-refractivity contribution in [2.24, 2.45) is 0 Å². The molecule has 1 radical (unpaired) electrons. The van der Waals surface area contributed by atoms with E-state index in [0.29, 0.717) is 6.54 Å². The predicted octanol–water partition coefficient (Wildman–Crippen LogP) is -0.597. The second kappa shape index (κ2) is 10.2. The molecule has 0 aliphatic heterocycles. The van der Waals surface area contributed by atoms with Gasteiger partial charge in [-0.15, -0.1) is 0 Å². The van der Waals surface area contributed by atoms with Gasteiger partial charge in [0, 0.05) is 5.69 Å². The number of halogens is 2. The number of nitrogens with zero attached hydrogens (tertiary/aromatic N) is 2. The molecule has 0 spiro atoms. The molecule has 7 heteroatoms. The van der Waals surface area contributed by atoms with E-state index >= 15 is 0 Å². The molecule has 1 N–H and O–H groups in total. The van der Waals surface area contributed by atoms with Gasteiger partial charge in [-0.3, -0.25) is 4.79 Å². The number of carbonyl (C=O) groups is 1. The molecule has 0 atom stereocenters. The first-order valence-corrected chi connectivity index (χ1v) is 7.26. The first-order valence-electron chi connectivity index (χ1n) is 7.26. The van der Waals surface area contributed by atoms with Crippen LogP contribution in [0.1, 0.15) is 5.56 Å². The quantitative estimate of drug-likeness (QED) is 0.408. The smallest absolute Gasteiger partial charge is 1.00 e. The number of carbonyl (C=O) groups excluding carboxylic acids is 1. The van der Waals surface area contributed by atoms with E-state index in [9.17, 15) is 9.18 Å². The standard InChI is InChI=1S/C18H16FN3O.Ag.ClH/c19-16-8-6-15(7-9-16)12-21-10-11-22(14-21)13-18(23)20-17-4-2-1-3-5-17;;/h1-11H,12-13H2,(H,20,23);;1H/q2*+1;/p-1. The van der Waals surface area contributed by atoms with Crippen molar-refractivity contribution in [2.45, 2.75) is 13.1 Å². The van der Waals surface area contributed by atoms with Crippen LogP contribution in [0.2, 0.25) is 0 Å². The van der Waals surface area contributed by atoms with E-state index in [2.05, 4.69) is 11.6 Å². The van der Waals surface area contributed by atoms with Gasteiger partial charge in [0.05, 0.1) is 0 Å². The molecule has 4 nitrogen and oxygen atoms in total. The van der Waals surface area contributed by atoms with Crippen LogP contribution in [-0.4, -0.2) is 10.5 Å². The fraction of sp³-hybridized carbons (Fsp3) is 0.111. The Bertz CT molecular complexity index is 794. The fourth-order valence-electron chi connectivity index (χ4n) is 2.23. The van der Waals surface area contributed by atoms with Crippen LogP contribution in [0.25, 0.3) is 0 Å². The maximum Gasteiger partial charge on any atom is 1.00 e. The second-order valence-electron chi connectivity index (χ2n) is 5.19. The summed E-state index contributed by atoms with van der Waals surface area (Å²) in [6.45, 7) is 0.763. The Balaban J connectivity index is 0.00000156. The molecule has 0 fully saturated rings. The summed E-state index contributed by atoms with van der Waals surface area (Å²) in [7, 11) is 0. The number of benzene rings is 2. The maximum atomic E-state index is 12.9. The summed E-state index contributed by atoms with van der Waals surface area (Å²) in [5.74, 6) is -0.366. The molecular weight excluding hydrogens is 437 g/mol. The minimum Gasteiger partial charge on any atom is -1.00 e. The summed E-state index contributed by atoms with van der Waals surface area (Å²) in [6.07, 6.45) is 6.69. The average Bonchev–Trinajstić information content (AvgIpc) is 2.97. The molecule has 1 amide bonds. The first-order chi connectivity index (χ1) is 11.2. The van der Waals surface area contributed by atoms with Crippen LogP contribution in [-0.2, 0) is 40.3 Å². The van der Waals surface area contributed by atoms with E-state index in [1.165, 1.54) is 12.1 Å². The monoisotopic (exact) mass is 451 g/mol. The zero-order valence-corrected chi connectivity index (χ0v) is 15.4. The molecule has 0 aliphatic rings. The van der Waals surface area contributed by atoms with Gasteiger partial charge in [-0.1, -0.05) is 30.3 Å². The van der Waals surface area contributed by atoms with Gasteiger partial charge in [0.25, 0.3) is 5.91 Å². The Hall–Kier alpha value is -1.92. The molecule has 3 aromatic rings. The van der Waals surface area contributed by atoms with Gasteiger partial charge >= 0.3 is 28.7 Å². The molecule has 0 unspecified atom stereocenters. The molecular formula is C18H16AgClFN3O+. The molecule has 2 aromatic carbocycles. The Morgan fingerprint density at radius 2 is 1.80 bits per heavy atom. The Kier molecular flexibility index (Phi) is 8.58. The van der Waals surface area contributed by atoms with Crippen molar-refractivity contribution in [3.05, 3.63) is 84.7 Å². The predicted molar refractivity (Wildman–Crippen MR) is 84.0 cm³/mol. The van der Waals surface area contributed by atoms with E-state index in [0.717, 1.165) is 11.3 Å². The molecule has 1 heterocycles. The summed E-state index contributed by atoms with van der Waals surface area (Å²) >= 11 is 0. The summed E-state index contributed by atoms with van der Waals surface area (Å²) in [5, 5.41) is 2.82. The molecule has 0 bridgehead atoms. The van der Waals surface area contributed by atoms with Gasteiger partial charge in [0.15, 0.2) is 6.54 Å². The van der Waals surface area contributed by atoms with Crippen molar-refractivity contribution in [1.29, 1.82) is 0 Å². The fourth-order valence-corrected chi connectivity index (χ4v) is 2.23. The maximum absolute atomic E-state index is 12.9. The summed E-state index contributed by atoms with van der Waals surface area (Å²) < 4.78 is 16.4. The number of para-hydroxylation sites is 1. The number of aromatic nitrogens is 2. The van der Waals surface area contributed by atoms with Gasteiger partial charge in [0.2, 0.25) is 0 Å². The molecule has 1 aromatic heterocycles. The number of hydrogen-bond acceptors (Lipinski definition) is 1. The van der Waals surface area contributed by atoms with Crippen molar-refractivity contribution in [2.75, 3.05) is 5.32 Å². The van der Waals surface area contributed by atoms with E-state index < -0.39 is 0 Å². The molecule has 0 saturated heterocycles. The minimum absolute atomic E-state index is 0. The first kappa shape index (κ1) is 21.1. The van der Waals surface area contributed by atoms with Crippen LogP contribution < -0.4 is 22.3 Å². The van der Waals surface area contributed by atoms with Crippen molar-refractivity contribution in [3.8, 4) is 0 Å². The van der Waals surface area contributed by atoms with Crippen LogP contribution in [0.3, 0.4) is 0 Å². The zero-order chi connectivity index (χ0) is 16.1. The zero-order valence-electron chi connectivity index (χ0n) is 13.1. The number of imidazole rings is 1. The molecule has 133 valence electrons. The van der Waals surface area contributed by atoms with Crippen LogP contribution in [0.4, 0.5) is 10.1 Å². The van der Waals surface area contributed by atoms with E-state index in [1.54, 1.807) is 22.9 Å². The number of nitrogens with one attached hydrogen (secondary N) is 1. The van der Waals surface area contributed by atoms with Gasteiger partial charge in [-0.25, -0.2) is 13.5 Å². The van der Waals surface area contributed by atoms with Crippen LogP contribution in [0.5, 0.6) is 0 Å². The third kappa shape index (κ3) is 6.48. The normalized spacial score (nSPS) is 9.64. The third-order valence-corrected chi connectivity index (χ3v) is 3.32. The van der Waals surface area contributed by atoms with Crippen LogP contribution >= 0.6 is 0 Å². The van der Waals surface area contributed by atoms with Crippen molar-refractivity contribution in [1.82, 2.24) is 4.57 Å². The van der Waals surface area contributed by atoms with Crippen molar-refractivity contribution in [3.63, 3.8) is 0 Å².